The molecule has 10 heteroatoms. The lowest BCUT2D eigenvalue weighted by Crippen LogP contribution is -2.54. The number of amidine groups is 1. The minimum atomic E-state index is -5.06. The molecule has 1 aromatic heterocycles. The number of piperidine rings is 1. The van der Waals surface area contributed by atoms with Crippen LogP contribution < -0.4 is 4.74 Å². The molecule has 31 heavy (non-hydrogen) atoms. The monoisotopic (exact) mass is 436 g/mol. The molecule has 1 atom stereocenters. The van der Waals surface area contributed by atoms with E-state index in [1.54, 1.807) is 35.2 Å². The van der Waals surface area contributed by atoms with Crippen molar-refractivity contribution in [2.24, 2.45) is 4.99 Å². The number of ether oxygens (including phenoxy) is 2. The number of carbonyl (C=O) groups excluding carboxylic acids is 1. The molecule has 0 radical (unpaired) electrons. The van der Waals surface area contributed by atoms with Gasteiger partial charge in [0.1, 0.15) is 0 Å². The molecule has 2 aliphatic rings. The summed E-state index contributed by atoms with van der Waals surface area (Å²) in [6.45, 7) is 3.63. The number of esters is 1. The van der Waals surface area contributed by atoms with Gasteiger partial charge in [0.25, 0.3) is 11.6 Å². The molecule has 2 aliphatic heterocycles. The minimum Gasteiger partial charge on any atom is -0.464 e. The van der Waals surface area contributed by atoms with E-state index < -0.39 is 23.2 Å². The van der Waals surface area contributed by atoms with Gasteiger partial charge in [0, 0.05) is 13.1 Å². The Hall–Kier alpha value is -3.04. The Kier molecular flexibility index (Phi) is 5.40. The second-order valence-electron chi connectivity index (χ2n) is 7.49. The van der Waals surface area contributed by atoms with E-state index in [0.29, 0.717) is 18.8 Å². The zero-order chi connectivity index (χ0) is 22.2. The highest BCUT2D eigenvalue weighted by molar-refractivity contribution is 5.92. The summed E-state index contributed by atoms with van der Waals surface area (Å²) >= 11 is 0. The quantitative estimate of drug-likeness (QED) is 0.686. The fourth-order valence-electron chi connectivity index (χ4n) is 3.99. The fourth-order valence-corrected chi connectivity index (χ4v) is 3.99. The third kappa shape index (κ3) is 3.43. The number of fused-ring (bicyclic) bond motifs is 1. The van der Waals surface area contributed by atoms with Crippen molar-refractivity contribution in [1.82, 2.24) is 14.7 Å². The van der Waals surface area contributed by atoms with E-state index in [9.17, 15) is 18.0 Å². The number of likely N-dealkylation sites (tertiary alicyclic amines) is 1. The maximum atomic E-state index is 14.7. The fraction of sp³-hybridized carbons (Fsp3) is 0.476. The highest BCUT2D eigenvalue weighted by Gasteiger charge is 2.68. The van der Waals surface area contributed by atoms with Crippen molar-refractivity contribution in [2.75, 3.05) is 19.7 Å². The van der Waals surface area contributed by atoms with Crippen molar-refractivity contribution < 1.29 is 27.4 Å². The summed E-state index contributed by atoms with van der Waals surface area (Å²) in [6.07, 6.45) is -2.50. The summed E-state index contributed by atoms with van der Waals surface area (Å²) in [6, 6.07) is 8.42. The molecular formula is C21H23F3N4O3. The van der Waals surface area contributed by atoms with Crippen molar-refractivity contribution in [2.45, 2.75) is 44.8 Å². The molecule has 7 nitrogen and oxygen atoms in total. The van der Waals surface area contributed by atoms with Gasteiger partial charge >= 0.3 is 12.1 Å². The summed E-state index contributed by atoms with van der Waals surface area (Å²) in [5.41, 5.74) is -3.19. The number of hydrogen-bond acceptors (Lipinski definition) is 6. The Bertz CT molecular complexity index is 997. The van der Waals surface area contributed by atoms with Gasteiger partial charge in [0.05, 0.1) is 23.6 Å². The van der Waals surface area contributed by atoms with Crippen LogP contribution in [0.2, 0.25) is 0 Å². The third-order valence-corrected chi connectivity index (χ3v) is 5.44. The SMILES string of the molecule is CCOC(=O)C1(C(F)(F)F)N=C(N2CCCCC2)Oc2c1c(C)nn2-c1ccccc1. The molecule has 0 bridgehead atoms. The van der Waals surface area contributed by atoms with Crippen molar-refractivity contribution in [1.29, 1.82) is 0 Å². The van der Waals surface area contributed by atoms with Gasteiger partial charge in [-0.25, -0.2) is 14.5 Å². The Morgan fingerprint density at radius 2 is 1.87 bits per heavy atom. The van der Waals surface area contributed by atoms with Gasteiger partial charge in [-0.3, -0.25) is 0 Å². The maximum Gasteiger partial charge on any atom is 0.429 e. The molecule has 0 spiro atoms. The number of aromatic nitrogens is 2. The van der Waals surface area contributed by atoms with E-state index in [1.165, 1.54) is 18.5 Å². The van der Waals surface area contributed by atoms with E-state index in [2.05, 4.69) is 10.1 Å². The summed E-state index contributed by atoms with van der Waals surface area (Å²) in [7, 11) is 0. The summed E-state index contributed by atoms with van der Waals surface area (Å²) in [4.78, 5) is 18.4. The van der Waals surface area contributed by atoms with Crippen LogP contribution in [0.5, 0.6) is 5.88 Å². The predicted molar refractivity (Wildman–Crippen MR) is 106 cm³/mol. The van der Waals surface area contributed by atoms with Crippen LogP contribution in [0.1, 0.15) is 37.4 Å². The molecule has 2 aromatic rings. The average molecular weight is 436 g/mol. The van der Waals surface area contributed by atoms with E-state index in [1.807, 2.05) is 0 Å². The third-order valence-electron chi connectivity index (χ3n) is 5.44. The van der Waals surface area contributed by atoms with Gasteiger partial charge < -0.3 is 14.4 Å². The summed E-state index contributed by atoms with van der Waals surface area (Å²) < 4.78 is 56.1. The zero-order valence-corrected chi connectivity index (χ0v) is 17.3. The number of benzene rings is 1. The highest BCUT2D eigenvalue weighted by Crippen LogP contribution is 2.51. The van der Waals surface area contributed by atoms with Gasteiger partial charge in [-0.2, -0.15) is 18.3 Å². The molecule has 0 aliphatic carbocycles. The lowest BCUT2D eigenvalue weighted by Gasteiger charge is -2.37. The van der Waals surface area contributed by atoms with Crippen molar-refractivity contribution >= 4 is 12.0 Å². The summed E-state index contributed by atoms with van der Waals surface area (Å²) in [5, 5.41) is 4.29. The van der Waals surface area contributed by atoms with E-state index in [4.69, 9.17) is 9.47 Å². The van der Waals surface area contributed by atoms with Gasteiger partial charge in [-0.15, -0.1) is 0 Å². The molecule has 4 rings (SSSR count). The van der Waals surface area contributed by atoms with Crippen LogP contribution in [0.15, 0.2) is 35.3 Å². The van der Waals surface area contributed by atoms with Crippen LogP contribution in [0.4, 0.5) is 13.2 Å². The number of carbonyl (C=O) groups is 1. The number of alkyl halides is 3. The molecule has 1 fully saturated rings. The number of para-hydroxylation sites is 1. The number of aliphatic imine (C=N–C) groups is 1. The number of rotatable bonds is 3. The van der Waals surface area contributed by atoms with Gasteiger partial charge in [-0.1, -0.05) is 18.2 Å². The highest BCUT2D eigenvalue weighted by atomic mass is 19.4. The molecule has 1 unspecified atom stereocenters. The first kappa shape index (κ1) is 21.2. The van der Waals surface area contributed by atoms with Crippen molar-refractivity contribution in [3.05, 3.63) is 41.6 Å². The second-order valence-corrected chi connectivity index (χ2v) is 7.49. The second kappa shape index (κ2) is 7.90. The first-order valence-corrected chi connectivity index (χ1v) is 10.2. The number of halogens is 3. The smallest absolute Gasteiger partial charge is 0.429 e. The lowest BCUT2D eigenvalue weighted by molar-refractivity contribution is -0.209. The van der Waals surface area contributed by atoms with Gasteiger partial charge in [0.2, 0.25) is 5.88 Å². The molecule has 3 heterocycles. The Labute approximate surface area is 177 Å². The van der Waals surface area contributed by atoms with E-state index in [0.717, 1.165) is 19.3 Å². The van der Waals surface area contributed by atoms with Crippen LogP contribution in [0.25, 0.3) is 5.69 Å². The summed E-state index contributed by atoms with van der Waals surface area (Å²) in [5.74, 6) is -1.66. The number of aryl methyl sites for hydroxylation is 1. The largest absolute Gasteiger partial charge is 0.464 e. The van der Waals surface area contributed by atoms with Crippen molar-refractivity contribution in [3.8, 4) is 11.6 Å². The van der Waals surface area contributed by atoms with Crippen LogP contribution >= 0.6 is 0 Å². The molecule has 0 amide bonds. The predicted octanol–water partition coefficient (Wildman–Crippen LogP) is 3.74. The average Bonchev–Trinajstić information content (AvgIpc) is 3.10. The lowest BCUT2D eigenvalue weighted by atomic mass is 9.88. The van der Waals surface area contributed by atoms with Crippen LogP contribution in [0, 0.1) is 6.92 Å². The molecular weight excluding hydrogens is 413 g/mol. The van der Waals surface area contributed by atoms with Gasteiger partial charge in [-0.05, 0) is 45.2 Å². The first-order chi connectivity index (χ1) is 14.8. The minimum absolute atomic E-state index is 0.00863. The molecule has 0 N–H and O–H groups in total. The van der Waals surface area contributed by atoms with Crippen LogP contribution in [-0.4, -0.2) is 52.5 Å². The van der Waals surface area contributed by atoms with Gasteiger partial charge in [0.15, 0.2) is 0 Å². The van der Waals surface area contributed by atoms with Crippen LogP contribution in [0.3, 0.4) is 0 Å². The number of hydrogen-bond donors (Lipinski definition) is 0. The van der Waals surface area contributed by atoms with Crippen molar-refractivity contribution in [3.63, 3.8) is 0 Å². The zero-order valence-electron chi connectivity index (χ0n) is 17.3. The molecule has 0 saturated carbocycles. The molecule has 1 saturated heterocycles. The number of nitrogens with zero attached hydrogens (tertiary/aromatic N) is 4. The normalized spacial score (nSPS) is 21.2. The van der Waals surface area contributed by atoms with E-state index >= 15 is 0 Å². The Morgan fingerprint density at radius 1 is 1.19 bits per heavy atom. The Balaban J connectivity index is 1.98. The van der Waals surface area contributed by atoms with Crippen LogP contribution in [-0.2, 0) is 15.1 Å². The topological polar surface area (TPSA) is 68.9 Å². The standard InChI is InChI=1S/C21H23F3N4O3/c1-3-30-18(29)20(21(22,23)24)16-14(2)26-28(15-10-6-4-7-11-15)17(16)31-19(25-20)27-12-8-5-9-13-27/h4,6-7,10-11H,3,5,8-9,12-13H2,1-2H3. The first-order valence-electron chi connectivity index (χ1n) is 10.2. The Morgan fingerprint density at radius 3 is 2.48 bits per heavy atom. The van der Waals surface area contributed by atoms with E-state index in [-0.39, 0.29) is 24.2 Å². The molecule has 1 aromatic carbocycles. The maximum absolute atomic E-state index is 14.7. The molecule has 166 valence electrons.